The molecule has 1 saturated heterocycles. The predicted octanol–water partition coefficient (Wildman–Crippen LogP) is 2.70. The van der Waals surface area contributed by atoms with Gasteiger partial charge in [0.25, 0.3) is 0 Å². The zero-order chi connectivity index (χ0) is 10.1. The molecule has 0 saturated carbocycles. The van der Waals surface area contributed by atoms with Crippen LogP contribution in [0, 0.1) is 0 Å². The van der Waals surface area contributed by atoms with Crippen molar-refractivity contribution in [1.82, 2.24) is 0 Å². The van der Waals surface area contributed by atoms with Crippen LogP contribution in [0.3, 0.4) is 0 Å². The van der Waals surface area contributed by atoms with Crippen LogP contribution in [0.1, 0.15) is 17.9 Å². The minimum Gasteiger partial charge on any atom is -0.381 e. The molecule has 0 radical (unpaired) electrons. The molecule has 0 aliphatic carbocycles. The van der Waals surface area contributed by atoms with Gasteiger partial charge in [-0.05, 0) is 22.8 Å². The van der Waals surface area contributed by atoms with Crippen molar-refractivity contribution in [2.24, 2.45) is 0 Å². The van der Waals surface area contributed by atoms with Crippen molar-refractivity contribution in [3.8, 4) is 0 Å². The van der Waals surface area contributed by atoms with Gasteiger partial charge in [0, 0.05) is 12.5 Å². The third-order valence-corrected chi connectivity index (χ3v) is 3.19. The van der Waals surface area contributed by atoms with Gasteiger partial charge in [-0.15, -0.1) is 0 Å². The van der Waals surface area contributed by atoms with E-state index in [1.54, 1.807) is 0 Å². The Balaban J connectivity index is 0.000000963. The molecule has 0 N–H and O–H groups in total. The molecular formula is C14H15NaO. The summed E-state index contributed by atoms with van der Waals surface area (Å²) in [5, 5.41) is 2.72. The molecule has 1 nitrogen and oxygen atoms in total. The third kappa shape index (κ3) is 2.18. The molecule has 0 spiro atoms. The summed E-state index contributed by atoms with van der Waals surface area (Å²) in [4.78, 5) is 0. The van der Waals surface area contributed by atoms with E-state index in [-0.39, 0.29) is 29.6 Å². The molecule has 1 atom stereocenters. The van der Waals surface area contributed by atoms with E-state index in [4.69, 9.17) is 4.74 Å². The average molecular weight is 222 g/mol. The third-order valence-electron chi connectivity index (χ3n) is 3.19. The van der Waals surface area contributed by atoms with Crippen LogP contribution in [0.25, 0.3) is 10.8 Å². The van der Waals surface area contributed by atoms with Crippen molar-refractivity contribution in [2.45, 2.75) is 12.3 Å². The van der Waals surface area contributed by atoms with Crippen LogP contribution in [0.5, 0.6) is 0 Å². The Morgan fingerprint density at radius 2 is 1.81 bits per heavy atom. The van der Waals surface area contributed by atoms with Crippen LogP contribution in [-0.4, -0.2) is 42.8 Å². The maximum atomic E-state index is 5.46. The monoisotopic (exact) mass is 222 g/mol. The minimum absolute atomic E-state index is 0. The van der Waals surface area contributed by atoms with Crippen molar-refractivity contribution in [3.63, 3.8) is 0 Å². The van der Waals surface area contributed by atoms with Gasteiger partial charge in [0.15, 0.2) is 0 Å². The Morgan fingerprint density at radius 1 is 1.00 bits per heavy atom. The summed E-state index contributed by atoms with van der Waals surface area (Å²) < 4.78 is 5.46. The summed E-state index contributed by atoms with van der Waals surface area (Å²) in [6.07, 6.45) is 1.16. The van der Waals surface area contributed by atoms with E-state index in [1.807, 2.05) is 0 Å². The van der Waals surface area contributed by atoms with E-state index in [1.165, 1.54) is 16.3 Å². The van der Waals surface area contributed by atoms with Crippen molar-refractivity contribution < 1.29 is 4.74 Å². The van der Waals surface area contributed by atoms with E-state index in [2.05, 4.69) is 42.5 Å². The van der Waals surface area contributed by atoms with Crippen LogP contribution in [0.15, 0.2) is 42.5 Å². The van der Waals surface area contributed by atoms with Gasteiger partial charge in [-0.1, -0.05) is 42.5 Å². The van der Waals surface area contributed by atoms with Crippen LogP contribution in [0.2, 0.25) is 0 Å². The quantitative estimate of drug-likeness (QED) is 0.674. The van der Waals surface area contributed by atoms with Crippen LogP contribution < -0.4 is 0 Å². The molecule has 1 fully saturated rings. The Labute approximate surface area is 118 Å². The van der Waals surface area contributed by atoms with Crippen molar-refractivity contribution in [3.05, 3.63) is 48.0 Å². The minimum atomic E-state index is 0. The second kappa shape index (κ2) is 5.33. The Kier molecular flexibility index (Phi) is 4.04. The van der Waals surface area contributed by atoms with Crippen LogP contribution in [0.4, 0.5) is 0 Å². The first-order valence-electron chi connectivity index (χ1n) is 5.50. The van der Waals surface area contributed by atoms with Gasteiger partial charge in [0.05, 0.1) is 6.61 Å². The number of ether oxygens (including phenoxy) is 1. The fourth-order valence-corrected chi connectivity index (χ4v) is 2.39. The number of benzene rings is 2. The smallest absolute Gasteiger partial charge is 0.0535 e. The number of hydrogen-bond acceptors (Lipinski definition) is 1. The molecule has 1 heterocycles. The first-order valence-corrected chi connectivity index (χ1v) is 5.50. The molecule has 1 unspecified atom stereocenters. The molecule has 2 heteroatoms. The van der Waals surface area contributed by atoms with E-state index in [0.29, 0.717) is 5.92 Å². The van der Waals surface area contributed by atoms with Gasteiger partial charge in [-0.25, -0.2) is 0 Å². The van der Waals surface area contributed by atoms with Crippen LogP contribution >= 0.6 is 0 Å². The molecule has 2 aromatic carbocycles. The second-order valence-electron chi connectivity index (χ2n) is 4.13. The van der Waals surface area contributed by atoms with E-state index in [0.717, 1.165) is 19.6 Å². The molecule has 3 rings (SSSR count). The van der Waals surface area contributed by atoms with E-state index >= 15 is 0 Å². The van der Waals surface area contributed by atoms with E-state index < -0.39 is 0 Å². The number of rotatable bonds is 1. The van der Waals surface area contributed by atoms with Crippen molar-refractivity contribution >= 4 is 40.3 Å². The van der Waals surface area contributed by atoms with Gasteiger partial charge < -0.3 is 4.74 Å². The van der Waals surface area contributed by atoms with Gasteiger partial charge in [-0.3, -0.25) is 0 Å². The number of hydrogen-bond donors (Lipinski definition) is 0. The second-order valence-corrected chi connectivity index (χ2v) is 4.13. The molecule has 16 heavy (non-hydrogen) atoms. The molecular weight excluding hydrogens is 207 g/mol. The molecule has 0 bridgehead atoms. The van der Waals surface area contributed by atoms with Crippen molar-refractivity contribution in [1.29, 1.82) is 0 Å². The molecule has 1 aliphatic rings. The summed E-state index contributed by atoms with van der Waals surface area (Å²) in [6.45, 7) is 1.79. The van der Waals surface area contributed by atoms with Crippen LogP contribution in [-0.2, 0) is 4.74 Å². The molecule has 0 aromatic heterocycles. The fraction of sp³-hybridized carbons (Fsp3) is 0.286. The Hall–Kier alpha value is -0.340. The molecule has 2 aromatic rings. The van der Waals surface area contributed by atoms with Gasteiger partial charge >= 0.3 is 29.6 Å². The summed E-state index contributed by atoms with van der Waals surface area (Å²) in [6, 6.07) is 15.2. The summed E-state index contributed by atoms with van der Waals surface area (Å²) >= 11 is 0. The summed E-state index contributed by atoms with van der Waals surface area (Å²) in [7, 11) is 0. The Bertz CT molecular complexity index is 470. The largest absolute Gasteiger partial charge is 0.381 e. The van der Waals surface area contributed by atoms with Gasteiger partial charge in [0.2, 0.25) is 0 Å². The summed E-state index contributed by atoms with van der Waals surface area (Å²) in [5.41, 5.74) is 1.45. The first-order chi connectivity index (χ1) is 7.45. The Morgan fingerprint density at radius 3 is 2.62 bits per heavy atom. The number of fused-ring (bicyclic) bond motifs is 1. The zero-order valence-electron chi connectivity index (χ0n) is 8.65. The van der Waals surface area contributed by atoms with Crippen molar-refractivity contribution in [2.75, 3.05) is 13.2 Å². The zero-order valence-corrected chi connectivity index (χ0v) is 8.65. The standard InChI is InChI=1S/C14H14O.Na.H/c1-2-6-13-11(4-1)5-3-7-14(13)12-8-9-15-10-12;;/h1-7,12H,8-10H2;;. The maximum absolute atomic E-state index is 5.46. The first kappa shape index (κ1) is 12.1. The topological polar surface area (TPSA) is 9.23 Å². The predicted molar refractivity (Wildman–Crippen MR) is 69.3 cm³/mol. The fourth-order valence-electron chi connectivity index (χ4n) is 2.39. The summed E-state index contributed by atoms with van der Waals surface area (Å²) in [5.74, 6) is 0.594. The van der Waals surface area contributed by atoms with Gasteiger partial charge in [-0.2, -0.15) is 0 Å². The molecule has 78 valence electrons. The maximum Gasteiger partial charge on any atom is 0.0535 e. The van der Waals surface area contributed by atoms with E-state index in [9.17, 15) is 0 Å². The molecule has 0 amide bonds. The average Bonchev–Trinajstić information content (AvgIpc) is 2.82. The SMILES string of the molecule is [NaH].c1ccc2c(C3CCOC3)cccc2c1. The normalized spacial score (nSPS) is 19.6. The van der Waals surface area contributed by atoms with Gasteiger partial charge in [0.1, 0.15) is 0 Å². The molecule has 1 aliphatic heterocycles.